The molecule has 126 valence electrons. The van der Waals surface area contributed by atoms with Crippen molar-refractivity contribution in [2.75, 3.05) is 26.4 Å². The van der Waals surface area contributed by atoms with E-state index in [1.54, 1.807) is 18.6 Å². The summed E-state index contributed by atoms with van der Waals surface area (Å²) in [6.45, 7) is 8.24. The molecule has 0 aliphatic rings. The highest BCUT2D eigenvalue weighted by atomic mass is 32.1. The minimum Gasteiger partial charge on any atom is -0.459 e. The Morgan fingerprint density at radius 1 is 1.39 bits per heavy atom. The van der Waals surface area contributed by atoms with Gasteiger partial charge in [-0.3, -0.25) is 9.78 Å². The van der Waals surface area contributed by atoms with Crippen molar-refractivity contribution in [3.8, 4) is 11.8 Å². The van der Waals surface area contributed by atoms with Crippen LogP contribution in [0.5, 0.6) is 0 Å². The maximum Gasteiger partial charge on any atom is 0.397 e. The number of carbonyl (C=O) groups is 2. The molecule has 0 saturated carbocycles. The third kappa shape index (κ3) is 6.80. The van der Waals surface area contributed by atoms with Gasteiger partial charge >= 0.3 is 11.9 Å². The van der Waals surface area contributed by atoms with Crippen molar-refractivity contribution in [1.29, 1.82) is 0 Å². The minimum absolute atomic E-state index is 0.173. The molecule has 0 radical (unpaired) electrons. The molecule has 1 amide bonds. The summed E-state index contributed by atoms with van der Waals surface area (Å²) in [5.74, 6) is 4.31. The van der Waals surface area contributed by atoms with Gasteiger partial charge in [-0.15, -0.1) is 11.3 Å². The zero-order valence-corrected chi connectivity index (χ0v) is 14.7. The number of carbonyl (C=O) groups excluding carboxylic acids is 2. The Morgan fingerprint density at radius 2 is 2.13 bits per heavy atom. The molecule has 0 fully saturated rings. The molecule has 0 atom stereocenters. The van der Waals surface area contributed by atoms with Crippen molar-refractivity contribution in [3.63, 3.8) is 0 Å². The van der Waals surface area contributed by atoms with Gasteiger partial charge in [-0.1, -0.05) is 11.8 Å². The van der Waals surface area contributed by atoms with Crippen molar-refractivity contribution in [3.05, 3.63) is 16.6 Å². The number of amides is 1. The van der Waals surface area contributed by atoms with E-state index in [0.29, 0.717) is 13.2 Å². The van der Waals surface area contributed by atoms with Crippen LogP contribution in [0.2, 0.25) is 0 Å². The van der Waals surface area contributed by atoms with E-state index in [9.17, 15) is 9.59 Å². The molecular formula is C16H22N2O4S. The molecule has 1 aromatic rings. The van der Waals surface area contributed by atoms with Crippen LogP contribution in [0.4, 0.5) is 0 Å². The fourth-order valence-electron chi connectivity index (χ4n) is 1.72. The lowest BCUT2D eigenvalue weighted by Gasteiger charge is -2.34. The largest absolute Gasteiger partial charge is 0.459 e. The zero-order chi connectivity index (χ0) is 17.3. The quantitative estimate of drug-likeness (QED) is 0.354. The first-order valence-corrected chi connectivity index (χ1v) is 8.18. The number of ether oxygens (including phenoxy) is 2. The maximum atomic E-state index is 12.1. The smallest absolute Gasteiger partial charge is 0.397 e. The van der Waals surface area contributed by atoms with E-state index < -0.39 is 17.4 Å². The van der Waals surface area contributed by atoms with Crippen LogP contribution in [-0.2, 0) is 19.1 Å². The molecule has 0 unspecified atom stereocenters. The maximum absolute atomic E-state index is 12.1. The van der Waals surface area contributed by atoms with Crippen LogP contribution in [0, 0.1) is 11.8 Å². The standard InChI is InChI=1S/C16H22N2O4S/c1-5-22-15(20)14(19)18(16(2,3)4)8-10-21-9-6-7-13-11-17-12-23-13/h11-12H,5,8-10H2,1-4H3. The molecule has 0 bridgehead atoms. The second kappa shape index (κ2) is 9.28. The Hall–Kier alpha value is -1.91. The van der Waals surface area contributed by atoms with Crippen molar-refractivity contribution < 1.29 is 19.1 Å². The van der Waals surface area contributed by atoms with Crippen LogP contribution in [0.1, 0.15) is 32.6 Å². The van der Waals surface area contributed by atoms with Crippen LogP contribution in [-0.4, -0.2) is 53.7 Å². The molecular weight excluding hydrogens is 316 g/mol. The van der Waals surface area contributed by atoms with Gasteiger partial charge in [0.05, 0.1) is 29.8 Å². The van der Waals surface area contributed by atoms with Crippen LogP contribution in [0.25, 0.3) is 0 Å². The molecule has 0 saturated heterocycles. The van der Waals surface area contributed by atoms with E-state index in [1.807, 2.05) is 20.8 Å². The lowest BCUT2D eigenvalue weighted by molar-refractivity contribution is -0.162. The third-order valence-electron chi connectivity index (χ3n) is 2.78. The Labute approximate surface area is 140 Å². The summed E-state index contributed by atoms with van der Waals surface area (Å²) in [5.41, 5.74) is 1.22. The average molecular weight is 338 g/mol. The van der Waals surface area contributed by atoms with Gasteiger partial charge in [0.1, 0.15) is 6.61 Å². The number of hydrogen-bond acceptors (Lipinski definition) is 6. The van der Waals surface area contributed by atoms with E-state index in [-0.39, 0.29) is 13.2 Å². The van der Waals surface area contributed by atoms with E-state index in [0.717, 1.165) is 4.88 Å². The highest BCUT2D eigenvalue weighted by molar-refractivity contribution is 7.10. The Morgan fingerprint density at radius 3 is 2.70 bits per heavy atom. The van der Waals surface area contributed by atoms with Gasteiger partial charge in [0.25, 0.3) is 0 Å². The van der Waals surface area contributed by atoms with Crippen LogP contribution >= 0.6 is 11.3 Å². The summed E-state index contributed by atoms with van der Waals surface area (Å²) in [5, 5.41) is 0. The highest BCUT2D eigenvalue weighted by Crippen LogP contribution is 2.13. The van der Waals surface area contributed by atoms with E-state index in [4.69, 9.17) is 9.47 Å². The first-order chi connectivity index (χ1) is 10.9. The molecule has 7 heteroatoms. The molecule has 0 N–H and O–H groups in total. The number of thiazole rings is 1. The molecule has 0 aromatic carbocycles. The van der Waals surface area contributed by atoms with Gasteiger partial charge in [0.15, 0.2) is 0 Å². The van der Waals surface area contributed by atoms with Gasteiger partial charge in [-0.05, 0) is 27.7 Å². The summed E-state index contributed by atoms with van der Waals surface area (Å²) < 4.78 is 10.2. The third-order valence-corrected chi connectivity index (χ3v) is 3.47. The summed E-state index contributed by atoms with van der Waals surface area (Å²) in [7, 11) is 0. The van der Waals surface area contributed by atoms with Crippen molar-refractivity contribution in [1.82, 2.24) is 9.88 Å². The summed E-state index contributed by atoms with van der Waals surface area (Å²) in [6, 6.07) is 0. The predicted octanol–water partition coefficient (Wildman–Crippen LogP) is 1.70. The fraction of sp³-hybridized carbons (Fsp3) is 0.562. The summed E-state index contributed by atoms with van der Waals surface area (Å²) >= 11 is 1.46. The van der Waals surface area contributed by atoms with Gasteiger partial charge in [0, 0.05) is 12.1 Å². The van der Waals surface area contributed by atoms with Gasteiger partial charge in [0.2, 0.25) is 0 Å². The van der Waals surface area contributed by atoms with E-state index in [1.165, 1.54) is 16.2 Å². The highest BCUT2D eigenvalue weighted by Gasteiger charge is 2.31. The lowest BCUT2D eigenvalue weighted by atomic mass is 10.1. The lowest BCUT2D eigenvalue weighted by Crippen LogP contribution is -2.50. The monoisotopic (exact) mass is 338 g/mol. The Kier molecular flexibility index (Phi) is 7.72. The Bertz CT molecular complexity index is 567. The SMILES string of the molecule is CCOC(=O)C(=O)N(CCOCC#Cc1cncs1)C(C)(C)C. The van der Waals surface area contributed by atoms with Crippen molar-refractivity contribution >= 4 is 23.2 Å². The molecule has 0 aliphatic heterocycles. The molecule has 0 aliphatic carbocycles. The van der Waals surface area contributed by atoms with Crippen LogP contribution in [0.3, 0.4) is 0 Å². The van der Waals surface area contributed by atoms with E-state index in [2.05, 4.69) is 16.8 Å². The number of nitrogens with zero attached hydrogens (tertiary/aromatic N) is 2. The van der Waals surface area contributed by atoms with Crippen molar-refractivity contribution in [2.45, 2.75) is 33.2 Å². The van der Waals surface area contributed by atoms with Gasteiger partial charge in [-0.2, -0.15) is 0 Å². The summed E-state index contributed by atoms with van der Waals surface area (Å²) in [4.78, 5) is 30.0. The molecule has 23 heavy (non-hydrogen) atoms. The first kappa shape index (κ1) is 19.1. The molecule has 6 nitrogen and oxygen atoms in total. The van der Waals surface area contributed by atoms with Crippen molar-refractivity contribution in [2.24, 2.45) is 0 Å². The number of esters is 1. The van der Waals surface area contributed by atoms with Gasteiger partial charge in [-0.25, -0.2) is 4.79 Å². The first-order valence-electron chi connectivity index (χ1n) is 7.30. The fourth-order valence-corrected chi connectivity index (χ4v) is 2.21. The second-order valence-corrected chi connectivity index (χ2v) is 6.45. The zero-order valence-electron chi connectivity index (χ0n) is 13.9. The number of rotatable bonds is 5. The molecule has 1 aromatic heterocycles. The summed E-state index contributed by atoms with van der Waals surface area (Å²) in [6.07, 6.45) is 1.69. The molecule has 0 spiro atoms. The van der Waals surface area contributed by atoms with Gasteiger partial charge < -0.3 is 14.4 Å². The average Bonchev–Trinajstić information content (AvgIpc) is 2.98. The van der Waals surface area contributed by atoms with E-state index >= 15 is 0 Å². The number of hydrogen-bond donors (Lipinski definition) is 0. The predicted molar refractivity (Wildman–Crippen MR) is 87.9 cm³/mol. The topological polar surface area (TPSA) is 68.7 Å². The molecule has 1 heterocycles. The second-order valence-electron chi connectivity index (χ2n) is 5.57. The van der Waals surface area contributed by atoms with Crippen LogP contribution in [0.15, 0.2) is 11.7 Å². The normalized spacial score (nSPS) is 10.6. The Balaban J connectivity index is 2.46. The minimum atomic E-state index is -0.840. The number of aromatic nitrogens is 1. The van der Waals surface area contributed by atoms with Crippen LogP contribution < -0.4 is 0 Å². The molecule has 1 rings (SSSR count).